The molecule has 10 heteroatoms. The van der Waals surface area contributed by atoms with E-state index in [0.717, 1.165) is 0 Å². The molecule has 7 nitrogen and oxygen atoms in total. The van der Waals surface area contributed by atoms with Crippen LogP contribution in [0.3, 0.4) is 0 Å². The third kappa shape index (κ3) is 5.81. The number of nitrogens with one attached hydrogen (secondary N) is 3. The molecule has 0 bridgehead atoms. The molecule has 25 heavy (non-hydrogen) atoms. The molecular formula is C15H23ClN4O3S2. The monoisotopic (exact) mass is 406 g/mol. The van der Waals surface area contributed by atoms with Crippen LogP contribution in [-0.4, -0.2) is 42.9 Å². The van der Waals surface area contributed by atoms with Crippen LogP contribution in [-0.2, 0) is 10.0 Å². The Morgan fingerprint density at radius 3 is 2.36 bits per heavy atom. The third-order valence-electron chi connectivity index (χ3n) is 3.23. The van der Waals surface area contributed by atoms with Gasteiger partial charge >= 0.3 is 0 Å². The number of hydrogen-bond donors (Lipinski definition) is 3. The molecule has 0 aliphatic carbocycles. The summed E-state index contributed by atoms with van der Waals surface area (Å²) in [6.45, 7) is 7.89. The minimum atomic E-state index is -3.77. The summed E-state index contributed by atoms with van der Waals surface area (Å²) in [5.41, 5.74) is 5.12. The van der Waals surface area contributed by atoms with Crippen molar-refractivity contribution in [3.8, 4) is 0 Å². The fourth-order valence-electron chi connectivity index (χ4n) is 2.03. The van der Waals surface area contributed by atoms with Crippen molar-refractivity contribution in [3.05, 3.63) is 28.8 Å². The molecule has 1 aromatic carbocycles. The summed E-state index contributed by atoms with van der Waals surface area (Å²) >= 11 is 11.1. The van der Waals surface area contributed by atoms with Crippen molar-refractivity contribution in [1.29, 1.82) is 0 Å². The Hall–Kier alpha value is -1.42. The first kappa shape index (κ1) is 21.6. The van der Waals surface area contributed by atoms with E-state index in [0.29, 0.717) is 13.1 Å². The van der Waals surface area contributed by atoms with Gasteiger partial charge in [-0.1, -0.05) is 25.4 Å². The van der Waals surface area contributed by atoms with Crippen molar-refractivity contribution >= 4 is 44.9 Å². The lowest BCUT2D eigenvalue weighted by atomic mass is 10.2. The fraction of sp³-hybridized carbons (Fsp3) is 0.467. The summed E-state index contributed by atoms with van der Waals surface area (Å²) in [6.07, 6.45) is 0. The zero-order valence-corrected chi connectivity index (χ0v) is 17.0. The smallest absolute Gasteiger partial charge is 0.269 e. The zero-order valence-electron chi connectivity index (χ0n) is 14.6. The number of carbonyl (C=O) groups excluding carboxylic acids is 1. The molecule has 0 aromatic heterocycles. The molecule has 1 amide bonds. The number of amides is 1. The number of carbonyl (C=O) groups is 1. The standard InChI is InChI=1S/C15H23ClN4O3S2/c1-5-20(6-2)25(22,23)13-9-11(7-8-12(13)16)14(21)18-19-15(24)17-10(3)4/h7-10H,5-6H2,1-4H3,(H,18,21)(H2,17,19,24). The lowest BCUT2D eigenvalue weighted by Gasteiger charge is -2.19. The predicted molar refractivity (Wildman–Crippen MR) is 103 cm³/mol. The van der Waals surface area contributed by atoms with Crippen molar-refractivity contribution in [1.82, 2.24) is 20.5 Å². The highest BCUT2D eigenvalue weighted by Crippen LogP contribution is 2.25. The van der Waals surface area contributed by atoms with Gasteiger partial charge in [-0.2, -0.15) is 4.31 Å². The van der Waals surface area contributed by atoms with Crippen LogP contribution in [0.1, 0.15) is 38.1 Å². The van der Waals surface area contributed by atoms with Crippen molar-refractivity contribution in [2.24, 2.45) is 0 Å². The van der Waals surface area contributed by atoms with Gasteiger partial charge in [0.05, 0.1) is 5.02 Å². The SMILES string of the molecule is CCN(CC)S(=O)(=O)c1cc(C(=O)NNC(=S)NC(C)C)ccc1Cl. The highest BCUT2D eigenvalue weighted by atomic mass is 35.5. The molecule has 1 aromatic rings. The van der Waals surface area contributed by atoms with Gasteiger partial charge in [-0.15, -0.1) is 0 Å². The number of thiocarbonyl (C=S) groups is 1. The van der Waals surface area contributed by atoms with E-state index in [1.165, 1.54) is 22.5 Å². The van der Waals surface area contributed by atoms with Crippen LogP contribution in [0.4, 0.5) is 0 Å². The average molecular weight is 407 g/mol. The highest BCUT2D eigenvalue weighted by molar-refractivity contribution is 7.89. The minimum absolute atomic E-state index is 0.0633. The lowest BCUT2D eigenvalue weighted by Crippen LogP contribution is -2.48. The van der Waals surface area contributed by atoms with E-state index in [1.54, 1.807) is 13.8 Å². The molecule has 0 radical (unpaired) electrons. The normalized spacial score (nSPS) is 11.5. The molecule has 0 aliphatic heterocycles. The number of halogens is 1. The fourth-order valence-corrected chi connectivity index (χ4v) is 4.27. The van der Waals surface area contributed by atoms with E-state index in [1.807, 2.05) is 13.8 Å². The maximum Gasteiger partial charge on any atom is 0.269 e. The van der Waals surface area contributed by atoms with Crippen LogP contribution in [0.25, 0.3) is 0 Å². The van der Waals surface area contributed by atoms with Gasteiger partial charge in [0.2, 0.25) is 10.0 Å². The third-order valence-corrected chi connectivity index (χ3v) is 5.98. The van der Waals surface area contributed by atoms with Crippen LogP contribution in [0.2, 0.25) is 5.02 Å². The van der Waals surface area contributed by atoms with E-state index in [2.05, 4.69) is 16.2 Å². The topological polar surface area (TPSA) is 90.5 Å². The molecule has 3 N–H and O–H groups in total. The number of sulfonamides is 1. The van der Waals surface area contributed by atoms with E-state index in [9.17, 15) is 13.2 Å². The summed E-state index contributed by atoms with van der Waals surface area (Å²) in [7, 11) is -3.77. The van der Waals surface area contributed by atoms with Crippen molar-refractivity contribution in [2.45, 2.75) is 38.6 Å². The second kappa shape index (κ2) is 9.33. The number of hydrazine groups is 1. The van der Waals surface area contributed by atoms with Crippen LogP contribution in [0.15, 0.2) is 23.1 Å². The molecule has 0 unspecified atom stereocenters. The number of hydrogen-bond acceptors (Lipinski definition) is 4. The van der Waals surface area contributed by atoms with E-state index in [4.69, 9.17) is 23.8 Å². The first-order valence-electron chi connectivity index (χ1n) is 7.80. The molecule has 0 atom stereocenters. The van der Waals surface area contributed by atoms with Crippen molar-refractivity contribution in [3.63, 3.8) is 0 Å². The van der Waals surface area contributed by atoms with Gasteiger partial charge in [0.15, 0.2) is 5.11 Å². The Labute approximate surface area is 159 Å². The predicted octanol–water partition coefficient (Wildman–Crippen LogP) is 1.89. The van der Waals surface area contributed by atoms with Gasteiger partial charge in [0, 0.05) is 24.7 Å². The summed E-state index contributed by atoms with van der Waals surface area (Å²) in [5.74, 6) is -0.527. The summed E-state index contributed by atoms with van der Waals surface area (Å²) < 4.78 is 26.6. The molecule has 0 saturated heterocycles. The molecule has 0 fully saturated rings. The Kier molecular flexibility index (Phi) is 8.07. The minimum Gasteiger partial charge on any atom is -0.359 e. The van der Waals surface area contributed by atoms with Crippen molar-refractivity contribution < 1.29 is 13.2 Å². The molecule has 0 saturated carbocycles. The Bertz CT molecular complexity index is 734. The van der Waals surface area contributed by atoms with Gasteiger partial charge in [-0.3, -0.25) is 15.6 Å². The van der Waals surface area contributed by atoms with Crippen LogP contribution in [0.5, 0.6) is 0 Å². The van der Waals surface area contributed by atoms with Crippen LogP contribution >= 0.6 is 23.8 Å². The molecule has 140 valence electrons. The van der Waals surface area contributed by atoms with Gasteiger partial charge in [-0.05, 0) is 44.3 Å². The Morgan fingerprint density at radius 2 is 1.84 bits per heavy atom. The number of nitrogens with zero attached hydrogens (tertiary/aromatic N) is 1. The molecule has 0 aliphatic rings. The van der Waals surface area contributed by atoms with Crippen LogP contribution in [0, 0.1) is 0 Å². The van der Waals surface area contributed by atoms with E-state index < -0.39 is 15.9 Å². The maximum atomic E-state index is 12.6. The summed E-state index contributed by atoms with van der Waals surface area (Å²) in [5, 5.41) is 3.23. The van der Waals surface area contributed by atoms with Gasteiger partial charge in [0.1, 0.15) is 4.90 Å². The maximum absolute atomic E-state index is 12.6. The number of benzene rings is 1. The second-order valence-corrected chi connectivity index (χ2v) is 8.16. The molecular weight excluding hydrogens is 384 g/mol. The Balaban J connectivity index is 3.01. The Morgan fingerprint density at radius 1 is 1.24 bits per heavy atom. The first-order valence-corrected chi connectivity index (χ1v) is 10.0. The summed E-state index contributed by atoms with van der Waals surface area (Å²) in [4.78, 5) is 12.1. The van der Waals surface area contributed by atoms with Gasteiger partial charge in [-0.25, -0.2) is 8.42 Å². The highest BCUT2D eigenvalue weighted by Gasteiger charge is 2.25. The van der Waals surface area contributed by atoms with Gasteiger partial charge in [0.25, 0.3) is 5.91 Å². The van der Waals surface area contributed by atoms with Crippen molar-refractivity contribution in [2.75, 3.05) is 13.1 Å². The lowest BCUT2D eigenvalue weighted by molar-refractivity contribution is 0.0943. The van der Waals surface area contributed by atoms with E-state index in [-0.39, 0.29) is 26.6 Å². The van der Waals surface area contributed by atoms with Gasteiger partial charge < -0.3 is 5.32 Å². The molecule has 0 heterocycles. The molecule has 0 spiro atoms. The first-order chi connectivity index (χ1) is 11.6. The van der Waals surface area contributed by atoms with E-state index >= 15 is 0 Å². The summed E-state index contributed by atoms with van der Waals surface area (Å²) in [6, 6.07) is 4.20. The van der Waals surface area contributed by atoms with Crippen LogP contribution < -0.4 is 16.2 Å². The quantitative estimate of drug-likeness (QED) is 0.493. The largest absolute Gasteiger partial charge is 0.359 e. The molecule has 1 rings (SSSR count). The second-order valence-electron chi connectivity index (χ2n) is 5.44. The average Bonchev–Trinajstić information content (AvgIpc) is 2.53. The number of rotatable bonds is 6. The zero-order chi connectivity index (χ0) is 19.2.